The van der Waals surface area contributed by atoms with E-state index in [1.54, 1.807) is 0 Å². The summed E-state index contributed by atoms with van der Waals surface area (Å²) in [4.78, 5) is 27.8. The highest BCUT2D eigenvalue weighted by Gasteiger charge is 2.19. The van der Waals surface area contributed by atoms with E-state index >= 15 is 0 Å². The number of nitrogens with zero attached hydrogens (tertiary/aromatic N) is 1. The Hall–Kier alpha value is -1.30. The second-order valence-electron chi connectivity index (χ2n) is 5.25. The monoisotopic (exact) mass is 316 g/mol. The molecule has 21 heavy (non-hydrogen) atoms. The van der Waals surface area contributed by atoms with Crippen LogP contribution in [0.2, 0.25) is 0 Å². The minimum atomic E-state index is -0.209. The van der Waals surface area contributed by atoms with Gasteiger partial charge in [-0.1, -0.05) is 6.42 Å². The van der Waals surface area contributed by atoms with Gasteiger partial charge in [0.25, 0.3) is 0 Å². The van der Waals surface area contributed by atoms with Crippen molar-refractivity contribution in [1.82, 2.24) is 10.6 Å². The van der Waals surface area contributed by atoms with Gasteiger partial charge in [0.1, 0.15) is 5.84 Å². The molecule has 6 nitrogen and oxygen atoms in total. The van der Waals surface area contributed by atoms with E-state index in [4.69, 9.17) is 17.3 Å². The lowest BCUT2D eigenvalue weighted by molar-refractivity contribution is -0.125. The van der Waals surface area contributed by atoms with Gasteiger partial charge in [-0.25, -0.2) is 0 Å². The van der Waals surface area contributed by atoms with E-state index in [9.17, 15) is 9.59 Å². The van der Waals surface area contributed by atoms with Crippen molar-refractivity contribution in [3.8, 4) is 0 Å². The molecule has 0 unspecified atom stereocenters. The van der Waals surface area contributed by atoms with Crippen molar-refractivity contribution in [2.45, 2.75) is 38.5 Å². The van der Waals surface area contributed by atoms with Crippen LogP contribution >= 0.6 is 11.6 Å². The highest BCUT2D eigenvalue weighted by molar-refractivity contribution is 6.27. The molecule has 0 aromatic rings. The molecule has 0 aliphatic carbocycles. The molecule has 1 aliphatic rings. The second-order valence-corrected chi connectivity index (χ2v) is 5.52. The summed E-state index contributed by atoms with van der Waals surface area (Å²) in [6.07, 6.45) is 4.71. The Morgan fingerprint density at radius 2 is 2.10 bits per heavy atom. The first-order valence-corrected chi connectivity index (χ1v) is 8.06. The molecular weight excluding hydrogens is 292 g/mol. The maximum absolute atomic E-state index is 12.1. The van der Waals surface area contributed by atoms with Crippen LogP contribution in [0.25, 0.3) is 0 Å². The van der Waals surface area contributed by atoms with E-state index in [2.05, 4.69) is 15.6 Å². The van der Waals surface area contributed by atoms with Crippen molar-refractivity contribution in [2.24, 2.45) is 16.6 Å². The molecule has 7 heteroatoms. The predicted molar refractivity (Wildman–Crippen MR) is 84.4 cm³/mol. The van der Waals surface area contributed by atoms with Crippen LogP contribution in [0.4, 0.5) is 0 Å². The number of aliphatic imine (C=N–C) groups is 1. The molecule has 1 saturated heterocycles. The topological polar surface area (TPSA) is 96.6 Å². The van der Waals surface area contributed by atoms with Crippen LogP contribution in [-0.2, 0) is 9.59 Å². The molecule has 1 atom stereocenters. The normalized spacial score (nSPS) is 22.1. The molecule has 1 rings (SSSR count). The number of amidine groups is 1. The molecular formula is C14H25ClN4O2. The van der Waals surface area contributed by atoms with Crippen LogP contribution in [0.5, 0.6) is 0 Å². The molecule has 0 saturated carbocycles. The fraction of sp³-hybridized carbons (Fsp3) is 0.786. The standard InChI is InChI=1S/C14H25ClN4O2/c15-9-12(16)17-8-4-5-11-10-19-13(20)6-2-1-3-7-18-14(11)21/h11H,1-10H2,(H2,16,17)(H,18,21)(H,19,20)/t11-/m1/s1. The maximum atomic E-state index is 12.1. The van der Waals surface area contributed by atoms with Crippen LogP contribution < -0.4 is 16.4 Å². The molecule has 0 aromatic carbocycles. The van der Waals surface area contributed by atoms with Crippen molar-refractivity contribution < 1.29 is 9.59 Å². The maximum Gasteiger partial charge on any atom is 0.224 e. The summed E-state index contributed by atoms with van der Waals surface area (Å²) in [5.74, 6) is 0.460. The molecule has 0 radical (unpaired) electrons. The summed E-state index contributed by atoms with van der Waals surface area (Å²) < 4.78 is 0. The Balaban J connectivity index is 2.45. The number of nitrogens with two attached hydrogens (primary N) is 1. The number of alkyl halides is 1. The van der Waals surface area contributed by atoms with Crippen molar-refractivity contribution in [3.63, 3.8) is 0 Å². The molecule has 2 amide bonds. The number of hydrogen-bond donors (Lipinski definition) is 3. The minimum absolute atomic E-state index is 0.00601. The molecule has 1 heterocycles. The molecule has 120 valence electrons. The summed E-state index contributed by atoms with van der Waals surface area (Å²) in [7, 11) is 0. The first-order chi connectivity index (χ1) is 10.1. The van der Waals surface area contributed by atoms with Gasteiger partial charge >= 0.3 is 0 Å². The number of hydrogen-bond acceptors (Lipinski definition) is 3. The average molecular weight is 317 g/mol. The van der Waals surface area contributed by atoms with Gasteiger partial charge in [0, 0.05) is 26.1 Å². The number of rotatable bonds is 5. The Labute approximate surface area is 130 Å². The quantitative estimate of drug-likeness (QED) is 0.303. The smallest absolute Gasteiger partial charge is 0.224 e. The number of carbonyl (C=O) groups excluding carboxylic acids is 2. The first kappa shape index (κ1) is 17.8. The average Bonchev–Trinajstić information content (AvgIpc) is 2.51. The molecule has 1 fully saturated rings. The lowest BCUT2D eigenvalue weighted by Crippen LogP contribution is -2.38. The van der Waals surface area contributed by atoms with Crippen LogP contribution in [0.1, 0.15) is 38.5 Å². The van der Waals surface area contributed by atoms with E-state index in [0.717, 1.165) is 25.7 Å². The molecule has 0 aromatic heterocycles. The number of amides is 2. The molecule has 0 bridgehead atoms. The fourth-order valence-electron chi connectivity index (χ4n) is 2.20. The number of nitrogens with one attached hydrogen (secondary N) is 2. The molecule has 1 aliphatic heterocycles. The van der Waals surface area contributed by atoms with Gasteiger partial charge in [-0.05, 0) is 25.7 Å². The van der Waals surface area contributed by atoms with Gasteiger partial charge in [0.2, 0.25) is 11.8 Å². The third-order valence-electron chi connectivity index (χ3n) is 3.46. The minimum Gasteiger partial charge on any atom is -0.386 e. The Morgan fingerprint density at radius 3 is 2.86 bits per heavy atom. The van der Waals surface area contributed by atoms with Gasteiger partial charge in [-0.3, -0.25) is 14.6 Å². The first-order valence-electron chi connectivity index (χ1n) is 7.52. The zero-order valence-corrected chi connectivity index (χ0v) is 13.1. The zero-order valence-electron chi connectivity index (χ0n) is 12.4. The van der Waals surface area contributed by atoms with E-state index < -0.39 is 0 Å². The molecule has 0 spiro atoms. The van der Waals surface area contributed by atoms with Crippen LogP contribution in [-0.4, -0.2) is 43.2 Å². The summed E-state index contributed by atoms with van der Waals surface area (Å²) in [6.45, 7) is 1.62. The SMILES string of the molecule is NC(CCl)=NCCC[C@@H]1CNC(=O)CCCCCNC1=O. The zero-order chi connectivity index (χ0) is 15.5. The number of halogens is 1. The van der Waals surface area contributed by atoms with Crippen molar-refractivity contribution in [1.29, 1.82) is 0 Å². The van der Waals surface area contributed by atoms with E-state index in [-0.39, 0.29) is 23.6 Å². The Kier molecular flexibility index (Phi) is 8.82. The Morgan fingerprint density at radius 1 is 1.29 bits per heavy atom. The predicted octanol–water partition coefficient (Wildman–Crippen LogP) is 0.785. The third kappa shape index (κ3) is 7.90. The van der Waals surface area contributed by atoms with Gasteiger partial charge in [-0.2, -0.15) is 0 Å². The lowest BCUT2D eigenvalue weighted by atomic mass is 10.0. The summed E-state index contributed by atoms with van der Waals surface area (Å²) in [5.41, 5.74) is 5.52. The highest BCUT2D eigenvalue weighted by Crippen LogP contribution is 2.08. The summed E-state index contributed by atoms with van der Waals surface area (Å²) in [6, 6.07) is 0. The largest absolute Gasteiger partial charge is 0.386 e. The van der Waals surface area contributed by atoms with E-state index in [1.165, 1.54) is 0 Å². The van der Waals surface area contributed by atoms with E-state index in [0.29, 0.717) is 38.3 Å². The van der Waals surface area contributed by atoms with Gasteiger partial charge in [0.05, 0.1) is 11.8 Å². The van der Waals surface area contributed by atoms with Crippen molar-refractivity contribution in [2.75, 3.05) is 25.5 Å². The van der Waals surface area contributed by atoms with Crippen molar-refractivity contribution in [3.05, 3.63) is 0 Å². The van der Waals surface area contributed by atoms with Gasteiger partial charge in [0.15, 0.2) is 0 Å². The van der Waals surface area contributed by atoms with Crippen LogP contribution in [0.3, 0.4) is 0 Å². The van der Waals surface area contributed by atoms with Crippen LogP contribution in [0, 0.1) is 5.92 Å². The molecule has 4 N–H and O–H groups in total. The summed E-state index contributed by atoms with van der Waals surface area (Å²) >= 11 is 5.54. The lowest BCUT2D eigenvalue weighted by Gasteiger charge is -2.16. The van der Waals surface area contributed by atoms with E-state index in [1.807, 2.05) is 0 Å². The fourth-order valence-corrected chi connectivity index (χ4v) is 2.28. The van der Waals surface area contributed by atoms with Crippen LogP contribution in [0.15, 0.2) is 4.99 Å². The summed E-state index contributed by atoms with van der Waals surface area (Å²) in [5, 5.41) is 5.77. The second kappa shape index (κ2) is 10.4. The van der Waals surface area contributed by atoms with Gasteiger partial charge < -0.3 is 16.4 Å². The van der Waals surface area contributed by atoms with Crippen molar-refractivity contribution >= 4 is 29.3 Å². The Bertz CT molecular complexity index is 374. The highest BCUT2D eigenvalue weighted by atomic mass is 35.5. The van der Waals surface area contributed by atoms with Gasteiger partial charge in [-0.15, -0.1) is 11.6 Å². The third-order valence-corrected chi connectivity index (χ3v) is 3.73. The number of carbonyl (C=O) groups is 2.